The monoisotopic (exact) mass is 209 g/mol. The van der Waals surface area contributed by atoms with E-state index in [0.717, 1.165) is 31.6 Å². The van der Waals surface area contributed by atoms with E-state index in [-0.39, 0.29) is 6.67 Å². The standard InChI is InChI=1S/C11H16FN3/c12-3-8-15-6-1-10(2-7-15)11-9-13-4-5-14-11/h4-5,9-10H,1-3,6-8H2. The van der Waals surface area contributed by atoms with Gasteiger partial charge in [-0.15, -0.1) is 0 Å². The van der Waals surface area contributed by atoms with Crippen LogP contribution >= 0.6 is 0 Å². The molecule has 82 valence electrons. The molecule has 1 aromatic rings. The molecule has 0 amide bonds. The van der Waals surface area contributed by atoms with Gasteiger partial charge >= 0.3 is 0 Å². The summed E-state index contributed by atoms with van der Waals surface area (Å²) in [7, 11) is 0. The summed E-state index contributed by atoms with van der Waals surface area (Å²) in [5.74, 6) is 0.509. The SMILES string of the molecule is FCCN1CCC(c2cnccn2)CC1. The normalized spacial score (nSPS) is 19.3. The van der Waals surface area contributed by atoms with Crippen molar-refractivity contribution in [3.8, 4) is 0 Å². The third kappa shape index (κ3) is 2.72. The van der Waals surface area contributed by atoms with Crippen molar-refractivity contribution in [1.82, 2.24) is 14.9 Å². The number of halogens is 1. The van der Waals surface area contributed by atoms with Crippen molar-refractivity contribution in [2.24, 2.45) is 0 Å². The molecule has 0 unspecified atom stereocenters. The van der Waals surface area contributed by atoms with E-state index in [2.05, 4.69) is 14.9 Å². The van der Waals surface area contributed by atoms with Gasteiger partial charge in [-0.1, -0.05) is 0 Å². The van der Waals surface area contributed by atoms with E-state index >= 15 is 0 Å². The molecular weight excluding hydrogens is 193 g/mol. The van der Waals surface area contributed by atoms with E-state index in [0.29, 0.717) is 12.5 Å². The number of hydrogen-bond acceptors (Lipinski definition) is 3. The van der Waals surface area contributed by atoms with Crippen LogP contribution in [0.25, 0.3) is 0 Å². The highest BCUT2D eigenvalue weighted by Gasteiger charge is 2.20. The third-order valence-electron chi connectivity index (χ3n) is 2.99. The fraction of sp³-hybridized carbons (Fsp3) is 0.636. The zero-order chi connectivity index (χ0) is 10.5. The van der Waals surface area contributed by atoms with Gasteiger partial charge in [0.2, 0.25) is 0 Å². The summed E-state index contributed by atoms with van der Waals surface area (Å²) in [6, 6.07) is 0. The maximum atomic E-state index is 12.1. The minimum absolute atomic E-state index is 0.240. The van der Waals surface area contributed by atoms with Crippen LogP contribution in [0.4, 0.5) is 4.39 Å². The van der Waals surface area contributed by atoms with Gasteiger partial charge < -0.3 is 4.90 Å². The summed E-state index contributed by atoms with van der Waals surface area (Å²) in [5, 5.41) is 0. The molecule has 0 N–H and O–H groups in total. The van der Waals surface area contributed by atoms with Gasteiger partial charge in [-0.05, 0) is 25.9 Å². The first kappa shape index (κ1) is 10.5. The van der Waals surface area contributed by atoms with Crippen molar-refractivity contribution in [1.29, 1.82) is 0 Å². The molecule has 0 atom stereocenters. The van der Waals surface area contributed by atoms with Crippen LogP contribution in [0.1, 0.15) is 24.5 Å². The molecule has 1 aromatic heterocycles. The Hall–Kier alpha value is -1.03. The Morgan fingerprint density at radius 1 is 1.33 bits per heavy atom. The van der Waals surface area contributed by atoms with Gasteiger partial charge in [0.25, 0.3) is 0 Å². The molecule has 0 radical (unpaired) electrons. The summed E-state index contributed by atoms with van der Waals surface area (Å²) in [6.07, 6.45) is 7.41. The van der Waals surface area contributed by atoms with Crippen LogP contribution in [-0.2, 0) is 0 Å². The van der Waals surface area contributed by atoms with Gasteiger partial charge in [0.15, 0.2) is 0 Å². The molecule has 0 aliphatic carbocycles. The number of piperidine rings is 1. The zero-order valence-electron chi connectivity index (χ0n) is 8.77. The first-order chi connectivity index (χ1) is 7.40. The van der Waals surface area contributed by atoms with Crippen LogP contribution in [0, 0.1) is 0 Å². The molecule has 1 aliphatic heterocycles. The molecular formula is C11H16FN3. The topological polar surface area (TPSA) is 29.0 Å². The highest BCUT2D eigenvalue weighted by molar-refractivity contribution is 5.04. The second-order valence-electron chi connectivity index (χ2n) is 3.94. The molecule has 15 heavy (non-hydrogen) atoms. The zero-order valence-corrected chi connectivity index (χ0v) is 8.77. The first-order valence-corrected chi connectivity index (χ1v) is 5.44. The van der Waals surface area contributed by atoms with Crippen molar-refractivity contribution in [3.63, 3.8) is 0 Å². The van der Waals surface area contributed by atoms with Gasteiger partial charge in [0.05, 0.1) is 5.69 Å². The summed E-state index contributed by atoms with van der Waals surface area (Å²) in [4.78, 5) is 10.6. The predicted octanol–water partition coefficient (Wildman–Crippen LogP) is 1.63. The number of nitrogens with zero attached hydrogens (tertiary/aromatic N) is 3. The Labute approximate surface area is 89.3 Å². The Balaban J connectivity index is 1.88. The first-order valence-electron chi connectivity index (χ1n) is 5.44. The van der Waals surface area contributed by atoms with Gasteiger partial charge in [-0.3, -0.25) is 9.97 Å². The van der Waals surface area contributed by atoms with Gasteiger partial charge in [0.1, 0.15) is 6.67 Å². The molecule has 1 fully saturated rings. The van der Waals surface area contributed by atoms with Crippen LogP contribution in [0.3, 0.4) is 0 Å². The van der Waals surface area contributed by atoms with E-state index in [1.807, 2.05) is 6.20 Å². The molecule has 4 heteroatoms. The van der Waals surface area contributed by atoms with E-state index in [1.54, 1.807) is 12.4 Å². The third-order valence-corrected chi connectivity index (χ3v) is 2.99. The molecule has 2 rings (SSSR count). The summed E-state index contributed by atoms with van der Waals surface area (Å²) < 4.78 is 12.1. The molecule has 0 aromatic carbocycles. The van der Waals surface area contributed by atoms with Crippen molar-refractivity contribution < 1.29 is 4.39 Å². The number of likely N-dealkylation sites (tertiary alicyclic amines) is 1. The quantitative estimate of drug-likeness (QED) is 0.757. The molecule has 0 spiro atoms. The molecule has 0 saturated carbocycles. The second-order valence-corrected chi connectivity index (χ2v) is 3.94. The van der Waals surface area contributed by atoms with E-state index in [9.17, 15) is 4.39 Å². The second kappa shape index (κ2) is 5.16. The number of rotatable bonds is 3. The molecule has 0 bridgehead atoms. The van der Waals surface area contributed by atoms with Crippen molar-refractivity contribution >= 4 is 0 Å². The fourth-order valence-corrected chi connectivity index (χ4v) is 2.09. The van der Waals surface area contributed by atoms with Gasteiger partial charge in [0, 0.05) is 31.1 Å². The molecule has 2 heterocycles. The maximum absolute atomic E-state index is 12.1. The van der Waals surface area contributed by atoms with E-state index < -0.39 is 0 Å². The number of aromatic nitrogens is 2. The summed E-state index contributed by atoms with van der Waals surface area (Å²) in [6.45, 7) is 2.29. The Bertz CT molecular complexity index is 283. The lowest BCUT2D eigenvalue weighted by atomic mass is 9.94. The Morgan fingerprint density at radius 2 is 2.13 bits per heavy atom. The average molecular weight is 209 g/mol. The minimum Gasteiger partial charge on any atom is -0.301 e. The van der Waals surface area contributed by atoms with E-state index in [1.165, 1.54) is 0 Å². The molecule has 1 saturated heterocycles. The van der Waals surface area contributed by atoms with Crippen LogP contribution in [0.2, 0.25) is 0 Å². The van der Waals surface area contributed by atoms with Crippen molar-refractivity contribution in [2.75, 3.05) is 26.3 Å². The Kier molecular flexibility index (Phi) is 3.61. The maximum Gasteiger partial charge on any atom is 0.102 e. The van der Waals surface area contributed by atoms with Gasteiger partial charge in [-0.2, -0.15) is 0 Å². The van der Waals surface area contributed by atoms with Crippen molar-refractivity contribution in [3.05, 3.63) is 24.3 Å². The summed E-state index contributed by atoms with van der Waals surface area (Å²) >= 11 is 0. The highest BCUT2D eigenvalue weighted by atomic mass is 19.1. The highest BCUT2D eigenvalue weighted by Crippen LogP contribution is 2.25. The van der Waals surface area contributed by atoms with Gasteiger partial charge in [-0.25, -0.2) is 4.39 Å². The smallest absolute Gasteiger partial charge is 0.102 e. The van der Waals surface area contributed by atoms with Crippen LogP contribution in [-0.4, -0.2) is 41.2 Å². The van der Waals surface area contributed by atoms with Crippen LogP contribution < -0.4 is 0 Å². The lowest BCUT2D eigenvalue weighted by molar-refractivity contribution is 0.195. The minimum atomic E-state index is -0.240. The number of alkyl halides is 1. The average Bonchev–Trinajstić information content (AvgIpc) is 2.32. The van der Waals surface area contributed by atoms with Crippen LogP contribution in [0.5, 0.6) is 0 Å². The van der Waals surface area contributed by atoms with E-state index in [4.69, 9.17) is 0 Å². The number of hydrogen-bond donors (Lipinski definition) is 0. The Morgan fingerprint density at radius 3 is 2.73 bits per heavy atom. The molecule has 1 aliphatic rings. The lowest BCUT2D eigenvalue weighted by Gasteiger charge is -2.30. The predicted molar refractivity (Wildman–Crippen MR) is 56.4 cm³/mol. The molecule has 3 nitrogen and oxygen atoms in total. The van der Waals surface area contributed by atoms with Crippen molar-refractivity contribution in [2.45, 2.75) is 18.8 Å². The summed E-state index contributed by atoms with van der Waals surface area (Å²) in [5.41, 5.74) is 1.08. The lowest BCUT2D eigenvalue weighted by Crippen LogP contribution is -2.34. The fourth-order valence-electron chi connectivity index (χ4n) is 2.09. The largest absolute Gasteiger partial charge is 0.301 e. The van der Waals surface area contributed by atoms with Crippen LogP contribution in [0.15, 0.2) is 18.6 Å².